The van der Waals surface area contributed by atoms with Gasteiger partial charge in [0.15, 0.2) is 0 Å². The highest BCUT2D eigenvalue weighted by Crippen LogP contribution is 1.95. The molecule has 0 unspecified atom stereocenters. The molecule has 0 saturated heterocycles. The highest BCUT2D eigenvalue weighted by molar-refractivity contribution is 5.85. The molecule has 6 heteroatoms. The molecule has 1 N–H and O–H groups in total. The number of carbonyl (C=O) groups is 2. The molecule has 0 radical (unpaired) electrons. The van der Waals surface area contributed by atoms with Crippen molar-refractivity contribution in [3.05, 3.63) is 0 Å². The lowest BCUT2D eigenvalue weighted by molar-refractivity contribution is -0.139. The van der Waals surface area contributed by atoms with Gasteiger partial charge < -0.3 is 15.1 Å². The molecule has 0 aromatic rings. The standard InChI is InChI=1S/C11H23N3O2.ClH/c1-5-14(6-2)11(16)9-13(4)10(15)7-8-12-3;/h12H,5-9H2,1-4H3;1H. The average Bonchev–Trinajstić information content (AvgIpc) is 2.27. The summed E-state index contributed by atoms with van der Waals surface area (Å²) in [6.07, 6.45) is 0.429. The van der Waals surface area contributed by atoms with Gasteiger partial charge in [0.05, 0.1) is 6.54 Å². The molecule has 0 aliphatic carbocycles. The fraction of sp³-hybridized carbons (Fsp3) is 0.818. The first-order chi connectivity index (χ1) is 7.56. The maximum absolute atomic E-state index is 11.7. The zero-order valence-electron chi connectivity index (χ0n) is 11.2. The number of rotatable bonds is 7. The van der Waals surface area contributed by atoms with E-state index in [2.05, 4.69) is 5.32 Å². The number of carbonyl (C=O) groups excluding carboxylic acids is 2. The van der Waals surface area contributed by atoms with Gasteiger partial charge in [0.25, 0.3) is 0 Å². The summed E-state index contributed by atoms with van der Waals surface area (Å²) in [4.78, 5) is 26.5. The molecule has 0 bridgehead atoms. The van der Waals surface area contributed by atoms with Gasteiger partial charge in [-0.25, -0.2) is 0 Å². The lowest BCUT2D eigenvalue weighted by Crippen LogP contribution is -2.41. The van der Waals surface area contributed by atoms with E-state index in [4.69, 9.17) is 0 Å². The molecule has 0 aliphatic heterocycles. The van der Waals surface area contributed by atoms with Crippen LogP contribution in [0.4, 0.5) is 0 Å². The molecule has 0 aromatic heterocycles. The Balaban J connectivity index is 0. The minimum absolute atomic E-state index is 0. The molecule has 102 valence electrons. The van der Waals surface area contributed by atoms with E-state index in [0.717, 1.165) is 0 Å². The molecule has 0 aromatic carbocycles. The van der Waals surface area contributed by atoms with Crippen LogP contribution >= 0.6 is 12.4 Å². The molecule has 0 fully saturated rings. The predicted molar refractivity (Wildman–Crippen MR) is 71.4 cm³/mol. The van der Waals surface area contributed by atoms with Gasteiger partial charge in [-0.3, -0.25) is 9.59 Å². The van der Waals surface area contributed by atoms with E-state index in [0.29, 0.717) is 26.1 Å². The SMILES string of the molecule is CCN(CC)C(=O)CN(C)C(=O)CCNC.Cl. The van der Waals surface area contributed by atoms with Crippen molar-refractivity contribution in [2.45, 2.75) is 20.3 Å². The number of hydrogen-bond donors (Lipinski definition) is 1. The fourth-order valence-electron chi connectivity index (χ4n) is 1.39. The first-order valence-electron chi connectivity index (χ1n) is 5.73. The summed E-state index contributed by atoms with van der Waals surface area (Å²) >= 11 is 0. The maximum atomic E-state index is 11.7. The molecule has 0 spiro atoms. The van der Waals surface area contributed by atoms with Gasteiger partial charge in [-0.05, 0) is 20.9 Å². The van der Waals surface area contributed by atoms with E-state index in [1.807, 2.05) is 13.8 Å². The summed E-state index contributed by atoms with van der Waals surface area (Å²) in [6, 6.07) is 0. The van der Waals surface area contributed by atoms with Crippen LogP contribution in [0.25, 0.3) is 0 Å². The third kappa shape index (κ3) is 7.18. The van der Waals surface area contributed by atoms with Gasteiger partial charge in [0, 0.05) is 33.1 Å². The normalized spacial score (nSPS) is 9.41. The Bertz CT molecular complexity index is 233. The fourth-order valence-corrected chi connectivity index (χ4v) is 1.39. The summed E-state index contributed by atoms with van der Waals surface area (Å²) in [7, 11) is 3.47. The molecule has 5 nitrogen and oxygen atoms in total. The predicted octanol–water partition coefficient (Wildman–Crippen LogP) is 0.345. The maximum Gasteiger partial charge on any atom is 0.242 e. The number of nitrogens with zero attached hydrogens (tertiary/aromatic N) is 2. The molecular formula is C11H24ClN3O2. The summed E-state index contributed by atoms with van der Waals surface area (Å²) < 4.78 is 0. The molecule has 0 aliphatic rings. The van der Waals surface area contributed by atoms with Gasteiger partial charge in [-0.2, -0.15) is 0 Å². The monoisotopic (exact) mass is 265 g/mol. The molecular weight excluding hydrogens is 242 g/mol. The summed E-state index contributed by atoms with van der Waals surface area (Å²) in [6.45, 7) is 6.06. The minimum atomic E-state index is -0.00476. The van der Waals surface area contributed by atoms with E-state index in [9.17, 15) is 9.59 Å². The van der Waals surface area contributed by atoms with Crippen molar-refractivity contribution in [3.63, 3.8) is 0 Å². The van der Waals surface area contributed by atoms with Gasteiger partial charge in [-0.15, -0.1) is 12.4 Å². The zero-order valence-corrected chi connectivity index (χ0v) is 12.0. The molecule has 0 rings (SSSR count). The first-order valence-corrected chi connectivity index (χ1v) is 5.73. The van der Waals surface area contributed by atoms with Crippen molar-refractivity contribution < 1.29 is 9.59 Å². The number of nitrogens with one attached hydrogen (secondary N) is 1. The van der Waals surface area contributed by atoms with Crippen molar-refractivity contribution in [2.75, 3.05) is 40.3 Å². The van der Waals surface area contributed by atoms with Crippen molar-refractivity contribution >= 4 is 24.2 Å². The number of hydrogen-bond acceptors (Lipinski definition) is 3. The van der Waals surface area contributed by atoms with Crippen LogP contribution in [0.2, 0.25) is 0 Å². The Morgan fingerprint density at radius 1 is 1.12 bits per heavy atom. The topological polar surface area (TPSA) is 52.7 Å². The molecule has 0 atom stereocenters. The van der Waals surface area contributed by atoms with Crippen LogP contribution < -0.4 is 5.32 Å². The number of amides is 2. The van der Waals surface area contributed by atoms with Crippen LogP contribution in [0.5, 0.6) is 0 Å². The highest BCUT2D eigenvalue weighted by atomic mass is 35.5. The van der Waals surface area contributed by atoms with Crippen LogP contribution in [0, 0.1) is 0 Å². The summed E-state index contributed by atoms with van der Waals surface area (Å²) in [5, 5.41) is 2.91. The summed E-state index contributed by atoms with van der Waals surface area (Å²) in [5.74, 6) is 0.000152. The van der Waals surface area contributed by atoms with Crippen LogP contribution in [0.1, 0.15) is 20.3 Å². The third-order valence-corrected chi connectivity index (χ3v) is 2.50. The van der Waals surface area contributed by atoms with E-state index < -0.39 is 0 Å². The second-order valence-electron chi connectivity index (χ2n) is 3.67. The van der Waals surface area contributed by atoms with Gasteiger partial charge >= 0.3 is 0 Å². The minimum Gasteiger partial charge on any atom is -0.342 e. The van der Waals surface area contributed by atoms with E-state index >= 15 is 0 Å². The van der Waals surface area contributed by atoms with Crippen molar-refractivity contribution in [1.29, 1.82) is 0 Å². The molecule has 0 heterocycles. The Morgan fingerprint density at radius 2 is 1.65 bits per heavy atom. The lowest BCUT2D eigenvalue weighted by atomic mass is 10.3. The number of likely N-dealkylation sites (N-methyl/N-ethyl adjacent to an activating group) is 2. The van der Waals surface area contributed by atoms with Gasteiger partial charge in [-0.1, -0.05) is 0 Å². The summed E-state index contributed by atoms with van der Waals surface area (Å²) in [5.41, 5.74) is 0. The van der Waals surface area contributed by atoms with E-state index in [-0.39, 0.29) is 30.8 Å². The Kier molecular flexibility index (Phi) is 11.3. The Hall–Kier alpha value is -0.810. The lowest BCUT2D eigenvalue weighted by Gasteiger charge is -2.23. The van der Waals surface area contributed by atoms with Crippen molar-refractivity contribution in [2.24, 2.45) is 0 Å². The Labute approximate surface area is 110 Å². The van der Waals surface area contributed by atoms with Crippen molar-refractivity contribution in [1.82, 2.24) is 15.1 Å². The van der Waals surface area contributed by atoms with Crippen LogP contribution in [0.3, 0.4) is 0 Å². The molecule has 17 heavy (non-hydrogen) atoms. The molecule has 0 saturated carbocycles. The van der Waals surface area contributed by atoms with E-state index in [1.54, 1.807) is 19.0 Å². The Morgan fingerprint density at radius 3 is 2.06 bits per heavy atom. The average molecular weight is 266 g/mol. The van der Waals surface area contributed by atoms with E-state index in [1.165, 1.54) is 4.90 Å². The van der Waals surface area contributed by atoms with Crippen LogP contribution in [0.15, 0.2) is 0 Å². The second kappa shape index (κ2) is 10.4. The number of halogens is 1. The first kappa shape index (κ1) is 18.6. The smallest absolute Gasteiger partial charge is 0.242 e. The molecule has 2 amide bonds. The zero-order chi connectivity index (χ0) is 12.6. The quantitative estimate of drug-likeness (QED) is 0.723. The van der Waals surface area contributed by atoms with Crippen molar-refractivity contribution in [3.8, 4) is 0 Å². The van der Waals surface area contributed by atoms with Crippen LogP contribution in [-0.2, 0) is 9.59 Å². The van der Waals surface area contributed by atoms with Gasteiger partial charge in [0.2, 0.25) is 11.8 Å². The van der Waals surface area contributed by atoms with Crippen LogP contribution in [-0.4, -0.2) is 61.9 Å². The van der Waals surface area contributed by atoms with Gasteiger partial charge in [0.1, 0.15) is 0 Å². The second-order valence-corrected chi connectivity index (χ2v) is 3.67. The highest BCUT2D eigenvalue weighted by Gasteiger charge is 2.15. The third-order valence-electron chi connectivity index (χ3n) is 2.50. The largest absolute Gasteiger partial charge is 0.342 e.